The average molecular weight is 326 g/mol. The highest BCUT2D eigenvalue weighted by atomic mass is 16.5. The maximum Gasteiger partial charge on any atom is 0.333 e. The number of nitrogens with one attached hydrogen (secondary N) is 1. The minimum atomic E-state index is -0.333. The van der Waals surface area contributed by atoms with Crippen LogP contribution in [0.15, 0.2) is 11.6 Å². The highest BCUT2D eigenvalue weighted by Crippen LogP contribution is 2.23. The number of hydrogen-bond acceptors (Lipinski definition) is 4. The van der Waals surface area contributed by atoms with Crippen molar-refractivity contribution in [1.82, 2.24) is 10.2 Å². The molecule has 0 aliphatic carbocycles. The summed E-state index contributed by atoms with van der Waals surface area (Å²) in [5, 5.41) is 3.11. The number of hydrogen-bond donors (Lipinski definition) is 1. The molecule has 1 amide bonds. The summed E-state index contributed by atoms with van der Waals surface area (Å²) in [5.74, 6) is -0.127. The molecule has 0 saturated carbocycles. The number of likely N-dealkylation sites (N-methyl/N-ethyl adjacent to an activating group) is 2. The van der Waals surface area contributed by atoms with Gasteiger partial charge in [0.25, 0.3) is 0 Å². The molecule has 0 aliphatic rings. The Labute approximate surface area is 141 Å². The highest BCUT2D eigenvalue weighted by Gasteiger charge is 2.34. The third-order valence-corrected chi connectivity index (χ3v) is 3.90. The Bertz CT molecular complexity index is 436. The Kier molecular flexibility index (Phi) is 8.53. The Balaban J connectivity index is 5.43. The zero-order valence-corrected chi connectivity index (χ0v) is 16.2. The molecular formula is C18H34N2O3. The SMILES string of the molecule is CCOC(=O)/C(C)=C/C(C(C)C)N(C)C(=O)C(NC)C(C)(C)C. The van der Waals surface area contributed by atoms with Gasteiger partial charge in [-0.05, 0) is 32.2 Å². The molecule has 0 saturated heterocycles. The third-order valence-electron chi connectivity index (χ3n) is 3.90. The lowest BCUT2D eigenvalue weighted by Crippen LogP contribution is -2.54. The van der Waals surface area contributed by atoms with Crippen LogP contribution in [0.2, 0.25) is 0 Å². The van der Waals surface area contributed by atoms with Gasteiger partial charge in [0.2, 0.25) is 5.91 Å². The van der Waals surface area contributed by atoms with E-state index in [1.807, 2.05) is 40.7 Å². The fourth-order valence-electron chi connectivity index (χ4n) is 2.60. The quantitative estimate of drug-likeness (QED) is 0.577. The fraction of sp³-hybridized carbons (Fsp3) is 0.778. The van der Waals surface area contributed by atoms with E-state index in [4.69, 9.17) is 4.74 Å². The monoisotopic (exact) mass is 326 g/mol. The van der Waals surface area contributed by atoms with Crippen LogP contribution in [-0.2, 0) is 14.3 Å². The van der Waals surface area contributed by atoms with E-state index in [-0.39, 0.29) is 35.3 Å². The van der Waals surface area contributed by atoms with Crippen LogP contribution in [0, 0.1) is 11.3 Å². The largest absolute Gasteiger partial charge is 0.463 e. The van der Waals surface area contributed by atoms with Crippen molar-refractivity contribution < 1.29 is 14.3 Å². The number of ether oxygens (including phenoxy) is 1. The predicted octanol–water partition coefficient (Wildman–Crippen LogP) is 2.61. The van der Waals surface area contributed by atoms with Crippen LogP contribution >= 0.6 is 0 Å². The molecule has 5 nitrogen and oxygen atoms in total. The van der Waals surface area contributed by atoms with Gasteiger partial charge in [0.15, 0.2) is 0 Å². The molecule has 2 unspecified atom stereocenters. The first-order valence-electron chi connectivity index (χ1n) is 8.26. The van der Waals surface area contributed by atoms with Crippen molar-refractivity contribution in [2.24, 2.45) is 11.3 Å². The molecule has 23 heavy (non-hydrogen) atoms. The maximum atomic E-state index is 12.9. The molecule has 0 fully saturated rings. The second kappa shape index (κ2) is 9.06. The van der Waals surface area contributed by atoms with Crippen LogP contribution in [0.25, 0.3) is 0 Å². The lowest BCUT2D eigenvalue weighted by atomic mass is 9.85. The molecule has 0 aromatic rings. The van der Waals surface area contributed by atoms with Crippen molar-refractivity contribution in [3.05, 3.63) is 11.6 Å². The number of carbonyl (C=O) groups is 2. The van der Waals surface area contributed by atoms with Crippen molar-refractivity contribution >= 4 is 11.9 Å². The third kappa shape index (κ3) is 6.34. The minimum absolute atomic E-state index is 0.0200. The van der Waals surface area contributed by atoms with Gasteiger partial charge in [-0.25, -0.2) is 4.79 Å². The van der Waals surface area contributed by atoms with Gasteiger partial charge in [0, 0.05) is 12.6 Å². The van der Waals surface area contributed by atoms with Crippen molar-refractivity contribution in [1.29, 1.82) is 0 Å². The normalized spacial score (nSPS) is 15.3. The Morgan fingerprint density at radius 2 is 1.78 bits per heavy atom. The van der Waals surface area contributed by atoms with E-state index in [0.717, 1.165) is 0 Å². The summed E-state index contributed by atoms with van der Waals surface area (Å²) < 4.78 is 5.02. The zero-order chi connectivity index (χ0) is 18.4. The second-order valence-electron chi connectivity index (χ2n) is 7.34. The smallest absolute Gasteiger partial charge is 0.333 e. The van der Waals surface area contributed by atoms with Crippen LogP contribution in [0.5, 0.6) is 0 Å². The summed E-state index contributed by atoms with van der Waals surface area (Å²) in [7, 11) is 3.59. The van der Waals surface area contributed by atoms with E-state index < -0.39 is 0 Å². The van der Waals surface area contributed by atoms with E-state index in [1.165, 1.54) is 0 Å². The number of esters is 1. The highest BCUT2D eigenvalue weighted by molar-refractivity contribution is 5.88. The molecule has 0 bridgehead atoms. The van der Waals surface area contributed by atoms with Crippen LogP contribution < -0.4 is 5.32 Å². The second-order valence-corrected chi connectivity index (χ2v) is 7.34. The van der Waals surface area contributed by atoms with Gasteiger partial charge in [0.1, 0.15) is 0 Å². The number of rotatable bonds is 7. The average Bonchev–Trinajstić information content (AvgIpc) is 2.42. The zero-order valence-electron chi connectivity index (χ0n) is 16.2. The Morgan fingerprint density at radius 3 is 2.13 bits per heavy atom. The van der Waals surface area contributed by atoms with Gasteiger partial charge in [-0.15, -0.1) is 0 Å². The van der Waals surface area contributed by atoms with Gasteiger partial charge < -0.3 is 15.0 Å². The fourth-order valence-corrected chi connectivity index (χ4v) is 2.60. The van der Waals surface area contributed by atoms with Crippen molar-refractivity contribution in [2.45, 2.75) is 60.5 Å². The summed E-state index contributed by atoms with van der Waals surface area (Å²) in [6.07, 6.45) is 1.83. The van der Waals surface area contributed by atoms with E-state index >= 15 is 0 Å². The predicted molar refractivity (Wildman–Crippen MR) is 94.1 cm³/mol. The number of amides is 1. The summed E-state index contributed by atoms with van der Waals surface area (Å²) in [6.45, 7) is 14.0. The van der Waals surface area contributed by atoms with Crippen LogP contribution in [-0.4, -0.2) is 49.6 Å². The van der Waals surface area contributed by atoms with Crippen molar-refractivity contribution in [2.75, 3.05) is 20.7 Å². The first-order valence-corrected chi connectivity index (χ1v) is 8.26. The summed E-state index contributed by atoms with van der Waals surface area (Å²) in [6, 6.07) is -0.449. The Hall–Kier alpha value is -1.36. The van der Waals surface area contributed by atoms with Gasteiger partial charge >= 0.3 is 5.97 Å². The first-order chi connectivity index (χ1) is 10.5. The molecule has 0 aliphatic heterocycles. The minimum Gasteiger partial charge on any atom is -0.463 e. The van der Waals surface area contributed by atoms with E-state index in [0.29, 0.717) is 12.2 Å². The van der Waals surface area contributed by atoms with E-state index in [9.17, 15) is 9.59 Å². The molecule has 5 heteroatoms. The lowest BCUT2D eigenvalue weighted by molar-refractivity contribution is -0.139. The lowest BCUT2D eigenvalue weighted by Gasteiger charge is -2.37. The maximum absolute atomic E-state index is 12.9. The van der Waals surface area contributed by atoms with Crippen LogP contribution in [0.1, 0.15) is 48.5 Å². The molecular weight excluding hydrogens is 292 g/mol. The van der Waals surface area contributed by atoms with Gasteiger partial charge in [-0.3, -0.25) is 4.79 Å². The number of carbonyl (C=O) groups excluding carboxylic acids is 2. The standard InChI is InChI=1S/C18H34N2O3/c1-10-23-17(22)13(4)11-14(12(2)3)20(9)16(21)15(19-8)18(5,6)7/h11-12,14-15,19H,10H2,1-9H3/b13-11+. The first kappa shape index (κ1) is 21.6. The molecule has 0 rings (SSSR count). The van der Waals surface area contributed by atoms with E-state index in [1.54, 1.807) is 32.8 Å². The summed E-state index contributed by atoms with van der Waals surface area (Å²) >= 11 is 0. The number of nitrogens with zero attached hydrogens (tertiary/aromatic N) is 1. The summed E-state index contributed by atoms with van der Waals surface area (Å²) in [5.41, 5.74) is 0.337. The molecule has 0 radical (unpaired) electrons. The molecule has 2 atom stereocenters. The van der Waals surface area contributed by atoms with Crippen molar-refractivity contribution in [3.63, 3.8) is 0 Å². The molecule has 0 aromatic heterocycles. The molecule has 0 heterocycles. The molecule has 0 spiro atoms. The van der Waals surface area contributed by atoms with Crippen molar-refractivity contribution in [3.8, 4) is 0 Å². The van der Waals surface area contributed by atoms with Gasteiger partial charge in [-0.1, -0.05) is 40.7 Å². The van der Waals surface area contributed by atoms with Crippen LogP contribution in [0.3, 0.4) is 0 Å². The molecule has 0 aromatic carbocycles. The van der Waals surface area contributed by atoms with E-state index in [2.05, 4.69) is 5.32 Å². The van der Waals surface area contributed by atoms with Gasteiger partial charge in [0.05, 0.1) is 18.7 Å². The molecule has 1 N–H and O–H groups in total. The molecule has 134 valence electrons. The van der Waals surface area contributed by atoms with Gasteiger partial charge in [-0.2, -0.15) is 0 Å². The Morgan fingerprint density at radius 1 is 1.26 bits per heavy atom. The van der Waals surface area contributed by atoms with Crippen LogP contribution in [0.4, 0.5) is 0 Å². The summed E-state index contributed by atoms with van der Waals surface area (Å²) in [4.78, 5) is 26.4. The topological polar surface area (TPSA) is 58.6 Å².